The Kier molecular flexibility index (Phi) is 13.6. The number of benzene rings is 3. The van der Waals surface area contributed by atoms with E-state index in [1.807, 2.05) is 63.2 Å². The molecule has 0 fully saturated rings. The Bertz CT molecular complexity index is 800. The fourth-order valence-corrected chi connectivity index (χ4v) is 3.42. The van der Waals surface area contributed by atoms with Gasteiger partial charge in [0.25, 0.3) is 0 Å². The Morgan fingerprint density at radius 3 is 1.27 bits per heavy atom. The molecular formula is C23H28O5P2+2. The van der Waals surface area contributed by atoms with Crippen LogP contribution in [0, 0.1) is 0 Å². The van der Waals surface area contributed by atoms with Crippen LogP contribution in [0.2, 0.25) is 0 Å². The number of rotatable bonds is 8. The lowest BCUT2D eigenvalue weighted by Crippen LogP contribution is -1.87. The van der Waals surface area contributed by atoms with E-state index in [1.54, 1.807) is 48.5 Å². The van der Waals surface area contributed by atoms with Gasteiger partial charge in [-0.2, -0.15) is 0 Å². The summed E-state index contributed by atoms with van der Waals surface area (Å²) in [6.07, 6.45) is 1.52. The van der Waals surface area contributed by atoms with Crippen LogP contribution in [0.15, 0.2) is 91.0 Å². The number of para-hydroxylation sites is 3. The van der Waals surface area contributed by atoms with Crippen molar-refractivity contribution in [2.75, 3.05) is 6.16 Å². The van der Waals surface area contributed by atoms with Crippen LogP contribution in [0.3, 0.4) is 0 Å². The minimum atomic E-state index is -2.18. The highest BCUT2D eigenvalue weighted by atomic mass is 31.1. The first-order valence-corrected chi connectivity index (χ1v) is 12.2. The Hall–Kier alpha value is -2.74. The van der Waals surface area contributed by atoms with E-state index in [2.05, 4.69) is 0 Å². The zero-order chi connectivity index (χ0) is 22.0. The first-order valence-electron chi connectivity index (χ1n) is 9.78. The molecule has 0 aliphatic heterocycles. The molecule has 3 aromatic rings. The molecule has 0 saturated heterocycles. The number of hydrogen-bond acceptors (Lipinski definition) is 5. The van der Waals surface area contributed by atoms with Gasteiger partial charge >= 0.3 is 16.3 Å². The van der Waals surface area contributed by atoms with Crippen molar-refractivity contribution in [1.82, 2.24) is 0 Å². The summed E-state index contributed by atoms with van der Waals surface area (Å²) in [5.74, 6) is 1.74. The van der Waals surface area contributed by atoms with Crippen LogP contribution in [0.1, 0.15) is 27.2 Å². The SMILES string of the molecule is CC.CCC[P+](=O)Oc1ccccc1.O=[P+](Oc1ccccc1)Oc1ccccc1. The molecule has 1 unspecified atom stereocenters. The highest BCUT2D eigenvalue weighted by Crippen LogP contribution is 2.29. The second kappa shape index (κ2) is 16.1. The van der Waals surface area contributed by atoms with Crippen molar-refractivity contribution in [2.24, 2.45) is 0 Å². The van der Waals surface area contributed by atoms with Crippen molar-refractivity contribution >= 4 is 16.3 Å². The quantitative estimate of drug-likeness (QED) is 0.328. The van der Waals surface area contributed by atoms with Gasteiger partial charge in [-0.25, -0.2) is 9.05 Å². The molecule has 30 heavy (non-hydrogen) atoms. The van der Waals surface area contributed by atoms with Crippen LogP contribution in [0.25, 0.3) is 0 Å². The fourth-order valence-electron chi connectivity index (χ4n) is 1.98. The third kappa shape index (κ3) is 11.3. The zero-order valence-electron chi connectivity index (χ0n) is 17.5. The van der Waals surface area contributed by atoms with E-state index >= 15 is 0 Å². The van der Waals surface area contributed by atoms with Crippen LogP contribution >= 0.6 is 16.3 Å². The van der Waals surface area contributed by atoms with Gasteiger partial charge in [0.15, 0.2) is 23.4 Å². The average Bonchev–Trinajstić information content (AvgIpc) is 2.78. The Morgan fingerprint density at radius 2 is 0.933 bits per heavy atom. The van der Waals surface area contributed by atoms with Crippen molar-refractivity contribution < 1.29 is 22.7 Å². The average molecular weight is 446 g/mol. The molecule has 0 bridgehead atoms. The smallest absolute Gasteiger partial charge is 0.254 e. The molecule has 158 valence electrons. The van der Waals surface area contributed by atoms with E-state index in [4.69, 9.17) is 13.6 Å². The van der Waals surface area contributed by atoms with Crippen molar-refractivity contribution in [1.29, 1.82) is 0 Å². The summed E-state index contributed by atoms with van der Waals surface area (Å²) >= 11 is 0. The van der Waals surface area contributed by atoms with Gasteiger partial charge in [-0.1, -0.05) is 75.4 Å². The van der Waals surface area contributed by atoms with E-state index in [-0.39, 0.29) is 0 Å². The maximum absolute atomic E-state index is 11.5. The molecule has 0 heterocycles. The summed E-state index contributed by atoms with van der Waals surface area (Å²) in [5, 5.41) is 0. The van der Waals surface area contributed by atoms with Crippen molar-refractivity contribution in [3.8, 4) is 17.2 Å². The lowest BCUT2D eigenvalue weighted by molar-refractivity contribution is 0.415. The van der Waals surface area contributed by atoms with Crippen molar-refractivity contribution in [3.63, 3.8) is 0 Å². The fraction of sp³-hybridized carbons (Fsp3) is 0.217. The first-order chi connectivity index (χ1) is 14.7. The molecule has 1 atom stereocenters. The lowest BCUT2D eigenvalue weighted by atomic mass is 10.3. The summed E-state index contributed by atoms with van der Waals surface area (Å²) in [7, 11) is -3.69. The third-order valence-electron chi connectivity index (χ3n) is 3.20. The van der Waals surface area contributed by atoms with E-state index in [1.165, 1.54) is 0 Å². The molecule has 0 aliphatic carbocycles. The molecule has 0 aromatic heterocycles. The second-order valence-electron chi connectivity index (χ2n) is 5.49. The van der Waals surface area contributed by atoms with Gasteiger partial charge in [0.05, 0.1) is 0 Å². The molecule has 0 amide bonds. The van der Waals surface area contributed by atoms with Crippen LogP contribution in [0.5, 0.6) is 17.2 Å². The molecular weight excluding hydrogens is 418 g/mol. The monoisotopic (exact) mass is 446 g/mol. The standard InChI is InChI=1S/C12H10O3P.C9H12O2P.C2H6/c13-16(14-11-7-3-1-4-8-11)15-12-9-5-2-6-10-12;1-2-8-12(10)11-9-6-4-3-5-7-9;1-2/h1-10H;3-7H,2,8H2,1H3;1-2H3/q2*+1;. The van der Waals surface area contributed by atoms with Gasteiger partial charge in [-0.05, 0) is 47.4 Å². The van der Waals surface area contributed by atoms with E-state index in [0.717, 1.165) is 6.42 Å². The summed E-state index contributed by atoms with van der Waals surface area (Å²) < 4.78 is 38.0. The molecule has 0 spiro atoms. The highest BCUT2D eigenvalue weighted by molar-refractivity contribution is 7.39. The van der Waals surface area contributed by atoms with E-state index < -0.39 is 16.3 Å². The van der Waals surface area contributed by atoms with Crippen molar-refractivity contribution in [3.05, 3.63) is 91.0 Å². The van der Waals surface area contributed by atoms with Crippen LogP contribution in [0.4, 0.5) is 0 Å². The normalized spacial score (nSPS) is 9.63. The van der Waals surface area contributed by atoms with Crippen LogP contribution in [-0.2, 0) is 9.13 Å². The number of hydrogen-bond donors (Lipinski definition) is 0. The molecule has 0 aliphatic rings. The highest BCUT2D eigenvalue weighted by Gasteiger charge is 2.23. The summed E-state index contributed by atoms with van der Waals surface area (Å²) in [5.41, 5.74) is 0. The first kappa shape index (κ1) is 25.3. The van der Waals surface area contributed by atoms with Crippen LogP contribution in [-0.4, -0.2) is 6.16 Å². The zero-order valence-corrected chi connectivity index (χ0v) is 19.3. The van der Waals surface area contributed by atoms with Gasteiger partial charge in [0.1, 0.15) is 0 Å². The lowest BCUT2D eigenvalue weighted by Gasteiger charge is -1.92. The molecule has 3 rings (SSSR count). The Labute approximate surface area is 180 Å². The van der Waals surface area contributed by atoms with Crippen molar-refractivity contribution in [2.45, 2.75) is 27.2 Å². The molecule has 0 N–H and O–H groups in total. The van der Waals surface area contributed by atoms with Crippen LogP contribution < -0.4 is 13.6 Å². The summed E-state index contributed by atoms with van der Waals surface area (Å²) in [4.78, 5) is 0. The molecule has 3 aromatic carbocycles. The van der Waals surface area contributed by atoms with E-state index in [0.29, 0.717) is 23.4 Å². The van der Waals surface area contributed by atoms with Gasteiger partial charge in [0, 0.05) is 4.57 Å². The summed E-state index contributed by atoms with van der Waals surface area (Å²) in [6.45, 7) is 5.99. The maximum Gasteiger partial charge on any atom is 0.805 e. The Balaban J connectivity index is 0.000000287. The minimum Gasteiger partial charge on any atom is -0.254 e. The van der Waals surface area contributed by atoms with E-state index in [9.17, 15) is 9.13 Å². The molecule has 5 nitrogen and oxygen atoms in total. The van der Waals surface area contributed by atoms with Gasteiger partial charge in [-0.15, -0.1) is 0 Å². The Morgan fingerprint density at radius 1 is 0.600 bits per heavy atom. The predicted molar refractivity (Wildman–Crippen MR) is 123 cm³/mol. The van der Waals surface area contributed by atoms with Gasteiger partial charge < -0.3 is 0 Å². The molecule has 7 heteroatoms. The summed E-state index contributed by atoms with van der Waals surface area (Å²) in [6, 6.07) is 27.1. The third-order valence-corrected chi connectivity index (χ3v) is 5.15. The molecule has 0 saturated carbocycles. The van der Waals surface area contributed by atoms with Gasteiger partial charge in [0.2, 0.25) is 0 Å². The predicted octanol–water partition coefficient (Wildman–Crippen LogP) is 8.05. The second-order valence-corrected chi connectivity index (χ2v) is 7.60. The maximum atomic E-state index is 11.5. The van der Waals surface area contributed by atoms with Gasteiger partial charge in [-0.3, -0.25) is 4.52 Å². The molecule has 0 radical (unpaired) electrons. The minimum absolute atomic E-state index is 0.527. The largest absolute Gasteiger partial charge is 0.805 e. The topological polar surface area (TPSA) is 61.8 Å².